The van der Waals surface area contributed by atoms with E-state index in [1.165, 1.54) is 4.57 Å². The zero-order valence-corrected chi connectivity index (χ0v) is 19.5. The fourth-order valence-corrected chi connectivity index (χ4v) is 4.74. The number of rotatable bonds is 6. The van der Waals surface area contributed by atoms with Crippen molar-refractivity contribution in [3.63, 3.8) is 0 Å². The number of nitrogens with zero attached hydrogens (tertiary/aromatic N) is 7. The third-order valence-electron chi connectivity index (χ3n) is 6.65. The van der Waals surface area contributed by atoms with E-state index in [9.17, 15) is 8.78 Å². The van der Waals surface area contributed by atoms with Gasteiger partial charge in [0.1, 0.15) is 0 Å². The SMILES string of the molecule is CN(C)[C@H]1CC[C@H](Nc2nc(N3CCOCC3)nc(-n3c(C(F)F)nc4ccccc43)n2)CC1. The molecule has 1 aliphatic heterocycles. The molecule has 2 fully saturated rings. The predicted molar refractivity (Wildman–Crippen MR) is 126 cm³/mol. The van der Waals surface area contributed by atoms with E-state index < -0.39 is 6.43 Å². The molecule has 182 valence electrons. The van der Waals surface area contributed by atoms with E-state index in [1.807, 2.05) is 4.90 Å². The lowest BCUT2D eigenvalue weighted by molar-refractivity contribution is 0.122. The van der Waals surface area contributed by atoms with Gasteiger partial charge in [0.15, 0.2) is 5.82 Å². The third kappa shape index (κ3) is 4.67. The van der Waals surface area contributed by atoms with Crippen LogP contribution in [0.25, 0.3) is 17.0 Å². The molecule has 34 heavy (non-hydrogen) atoms. The van der Waals surface area contributed by atoms with Crippen molar-refractivity contribution in [2.45, 2.75) is 44.2 Å². The van der Waals surface area contributed by atoms with Gasteiger partial charge in [-0.25, -0.2) is 13.8 Å². The highest BCUT2D eigenvalue weighted by atomic mass is 19.3. The summed E-state index contributed by atoms with van der Waals surface area (Å²) in [5, 5.41) is 3.46. The molecule has 5 rings (SSSR count). The van der Waals surface area contributed by atoms with E-state index in [-0.39, 0.29) is 17.8 Å². The molecule has 3 heterocycles. The molecule has 0 amide bonds. The first-order chi connectivity index (χ1) is 16.5. The lowest BCUT2D eigenvalue weighted by Crippen LogP contribution is -2.38. The number of nitrogens with one attached hydrogen (secondary N) is 1. The van der Waals surface area contributed by atoms with Crippen LogP contribution in [0.2, 0.25) is 0 Å². The monoisotopic (exact) mass is 472 g/mol. The number of halogens is 2. The van der Waals surface area contributed by atoms with E-state index in [2.05, 4.69) is 44.2 Å². The number of benzene rings is 1. The van der Waals surface area contributed by atoms with Gasteiger partial charge in [0.05, 0.1) is 24.2 Å². The maximum Gasteiger partial charge on any atom is 0.296 e. The molecular weight excluding hydrogens is 442 g/mol. The number of aromatic nitrogens is 5. The average Bonchev–Trinajstić information content (AvgIpc) is 3.25. The minimum absolute atomic E-state index is 0.143. The molecule has 0 atom stereocenters. The van der Waals surface area contributed by atoms with E-state index in [1.54, 1.807) is 24.3 Å². The molecule has 2 aliphatic rings. The number of alkyl halides is 2. The molecule has 11 heteroatoms. The Kier molecular flexibility index (Phi) is 6.55. The Bertz CT molecular complexity index is 1120. The van der Waals surface area contributed by atoms with Crippen molar-refractivity contribution in [3.8, 4) is 5.95 Å². The number of morpholine rings is 1. The van der Waals surface area contributed by atoms with E-state index in [0.717, 1.165) is 25.7 Å². The molecule has 1 saturated heterocycles. The molecule has 1 aliphatic carbocycles. The Morgan fingerprint density at radius 3 is 2.38 bits per heavy atom. The Morgan fingerprint density at radius 2 is 1.68 bits per heavy atom. The van der Waals surface area contributed by atoms with Crippen molar-refractivity contribution in [1.82, 2.24) is 29.4 Å². The Hall–Kier alpha value is -2.92. The second-order valence-corrected chi connectivity index (χ2v) is 9.07. The zero-order valence-electron chi connectivity index (χ0n) is 19.5. The van der Waals surface area contributed by atoms with Gasteiger partial charge in [0.2, 0.25) is 17.8 Å². The molecule has 9 nitrogen and oxygen atoms in total. The highest BCUT2D eigenvalue weighted by Gasteiger charge is 2.26. The van der Waals surface area contributed by atoms with Crippen LogP contribution in [0.3, 0.4) is 0 Å². The molecule has 0 radical (unpaired) electrons. The van der Waals surface area contributed by atoms with Gasteiger partial charge in [-0.2, -0.15) is 15.0 Å². The predicted octanol–water partition coefficient (Wildman–Crippen LogP) is 3.27. The van der Waals surface area contributed by atoms with Gasteiger partial charge in [-0.3, -0.25) is 4.57 Å². The first-order valence-electron chi connectivity index (χ1n) is 11.8. The maximum atomic E-state index is 14.0. The van der Waals surface area contributed by atoms with Crippen LogP contribution in [0.4, 0.5) is 20.7 Å². The fourth-order valence-electron chi connectivity index (χ4n) is 4.74. The van der Waals surface area contributed by atoms with Crippen LogP contribution < -0.4 is 10.2 Å². The van der Waals surface area contributed by atoms with Crippen LogP contribution in [0.5, 0.6) is 0 Å². The fraction of sp³-hybridized carbons (Fsp3) is 0.565. The summed E-state index contributed by atoms with van der Waals surface area (Å²) in [6.07, 6.45) is 1.38. The third-order valence-corrected chi connectivity index (χ3v) is 6.65. The lowest BCUT2D eigenvalue weighted by atomic mass is 9.91. The zero-order chi connectivity index (χ0) is 23.7. The van der Waals surface area contributed by atoms with Crippen molar-refractivity contribution >= 4 is 22.9 Å². The highest BCUT2D eigenvalue weighted by molar-refractivity contribution is 5.77. The largest absolute Gasteiger partial charge is 0.378 e. The summed E-state index contributed by atoms with van der Waals surface area (Å²) in [6, 6.07) is 7.83. The summed E-state index contributed by atoms with van der Waals surface area (Å²) in [4.78, 5) is 22.3. The van der Waals surface area contributed by atoms with Gasteiger partial charge in [-0.1, -0.05) is 12.1 Å². The molecule has 0 unspecified atom stereocenters. The highest BCUT2D eigenvalue weighted by Crippen LogP contribution is 2.29. The molecule has 0 bridgehead atoms. The molecule has 2 aromatic heterocycles. The number of para-hydroxylation sites is 2. The molecule has 1 N–H and O–H groups in total. The number of hydrogen-bond acceptors (Lipinski definition) is 8. The Morgan fingerprint density at radius 1 is 0.971 bits per heavy atom. The number of ether oxygens (including phenoxy) is 1. The first kappa shape index (κ1) is 22.9. The first-order valence-corrected chi connectivity index (χ1v) is 11.8. The smallest absolute Gasteiger partial charge is 0.296 e. The number of anilines is 2. The summed E-state index contributed by atoms with van der Waals surface area (Å²) >= 11 is 0. The summed E-state index contributed by atoms with van der Waals surface area (Å²) in [7, 11) is 4.22. The Balaban J connectivity index is 1.53. The van der Waals surface area contributed by atoms with Gasteiger partial charge in [-0.15, -0.1) is 0 Å². The van der Waals surface area contributed by atoms with Crippen LogP contribution in [0.15, 0.2) is 24.3 Å². The van der Waals surface area contributed by atoms with Crippen LogP contribution in [-0.2, 0) is 4.74 Å². The number of hydrogen-bond donors (Lipinski definition) is 1. The standard InChI is InChI=1S/C23H30F2N8O/c1-31(2)16-9-7-15(8-10-16)26-21-28-22(32-11-13-34-14-12-32)30-23(29-21)33-18-6-4-3-5-17(18)27-20(33)19(24)25/h3-6,15-16,19H,7-14H2,1-2H3,(H,26,28,29,30)/t15-,16-. The number of imidazole rings is 1. The van der Waals surface area contributed by atoms with Crippen LogP contribution in [0, 0.1) is 0 Å². The van der Waals surface area contributed by atoms with Crippen LogP contribution in [0.1, 0.15) is 37.9 Å². The summed E-state index contributed by atoms with van der Waals surface area (Å²) < 4.78 is 34.8. The van der Waals surface area contributed by atoms with Gasteiger partial charge in [0, 0.05) is 25.2 Å². The van der Waals surface area contributed by atoms with Crippen LogP contribution in [-0.4, -0.2) is 81.9 Å². The summed E-state index contributed by atoms with van der Waals surface area (Å²) in [5.74, 6) is 0.622. The van der Waals surface area contributed by atoms with Crippen molar-refractivity contribution in [2.24, 2.45) is 0 Å². The minimum atomic E-state index is -2.77. The normalized spacial score (nSPS) is 21.5. The Labute approximate surface area is 197 Å². The quantitative estimate of drug-likeness (QED) is 0.585. The van der Waals surface area contributed by atoms with Gasteiger partial charge in [-0.05, 0) is 51.9 Å². The molecule has 0 spiro atoms. The van der Waals surface area contributed by atoms with Crippen molar-refractivity contribution in [2.75, 3.05) is 50.6 Å². The molecule has 1 aromatic carbocycles. The second-order valence-electron chi connectivity index (χ2n) is 9.07. The van der Waals surface area contributed by atoms with E-state index in [4.69, 9.17) is 4.74 Å². The second kappa shape index (κ2) is 9.75. The molecular formula is C23H30F2N8O. The number of fused-ring (bicyclic) bond motifs is 1. The maximum absolute atomic E-state index is 14.0. The van der Waals surface area contributed by atoms with Gasteiger partial charge in [0.25, 0.3) is 6.43 Å². The minimum Gasteiger partial charge on any atom is -0.378 e. The summed E-state index contributed by atoms with van der Waals surface area (Å²) in [6.45, 7) is 2.38. The summed E-state index contributed by atoms with van der Waals surface area (Å²) in [5.41, 5.74) is 1.01. The topological polar surface area (TPSA) is 84.2 Å². The lowest BCUT2D eigenvalue weighted by Gasteiger charge is -2.33. The molecule has 3 aromatic rings. The van der Waals surface area contributed by atoms with Crippen molar-refractivity contribution in [1.29, 1.82) is 0 Å². The van der Waals surface area contributed by atoms with Crippen molar-refractivity contribution in [3.05, 3.63) is 30.1 Å². The van der Waals surface area contributed by atoms with Crippen LogP contribution >= 0.6 is 0 Å². The van der Waals surface area contributed by atoms with Gasteiger partial charge < -0.3 is 19.9 Å². The van der Waals surface area contributed by atoms with Gasteiger partial charge >= 0.3 is 0 Å². The van der Waals surface area contributed by atoms with E-state index >= 15 is 0 Å². The average molecular weight is 473 g/mol. The molecule has 1 saturated carbocycles. The van der Waals surface area contributed by atoms with E-state index in [0.29, 0.717) is 55.3 Å². The van der Waals surface area contributed by atoms with Crippen molar-refractivity contribution < 1.29 is 13.5 Å².